The molecule has 0 aliphatic rings. The van der Waals surface area contributed by atoms with Crippen molar-refractivity contribution in [1.82, 2.24) is 10.4 Å². The van der Waals surface area contributed by atoms with Crippen LogP contribution in [0.4, 0.5) is 0 Å². The Bertz CT molecular complexity index is 473. The second kappa shape index (κ2) is 6.49. The molecule has 1 aromatic carbocycles. The molecule has 4 nitrogen and oxygen atoms in total. The molecule has 18 heavy (non-hydrogen) atoms. The number of ether oxygens (including phenoxy) is 1. The first-order valence-corrected chi connectivity index (χ1v) is 6.78. The van der Waals surface area contributed by atoms with E-state index in [4.69, 9.17) is 10.6 Å². The molecule has 0 saturated heterocycles. The average Bonchev–Trinajstić information content (AvgIpc) is 2.90. The van der Waals surface area contributed by atoms with Gasteiger partial charge in [-0.1, -0.05) is 18.2 Å². The van der Waals surface area contributed by atoms with Crippen molar-refractivity contribution >= 4 is 11.3 Å². The second-order valence-electron chi connectivity index (χ2n) is 3.86. The van der Waals surface area contributed by atoms with E-state index in [-0.39, 0.29) is 6.04 Å². The van der Waals surface area contributed by atoms with E-state index in [0.29, 0.717) is 6.61 Å². The van der Waals surface area contributed by atoms with Crippen molar-refractivity contribution in [3.05, 3.63) is 46.4 Å². The Hall–Kier alpha value is -1.43. The summed E-state index contributed by atoms with van der Waals surface area (Å²) in [6.45, 7) is 2.62. The van der Waals surface area contributed by atoms with E-state index < -0.39 is 0 Å². The highest BCUT2D eigenvalue weighted by Crippen LogP contribution is 2.27. The van der Waals surface area contributed by atoms with Gasteiger partial charge in [0.2, 0.25) is 0 Å². The minimum absolute atomic E-state index is 0.0354. The van der Waals surface area contributed by atoms with Gasteiger partial charge in [0.15, 0.2) is 0 Å². The Morgan fingerprint density at radius 1 is 1.44 bits per heavy atom. The Morgan fingerprint density at radius 3 is 2.94 bits per heavy atom. The molecular formula is C13H17N3OS. The molecule has 96 valence electrons. The summed E-state index contributed by atoms with van der Waals surface area (Å²) in [6.07, 6.45) is 2.68. The molecule has 1 unspecified atom stereocenters. The quantitative estimate of drug-likeness (QED) is 0.620. The first-order valence-electron chi connectivity index (χ1n) is 5.90. The van der Waals surface area contributed by atoms with Gasteiger partial charge in [-0.3, -0.25) is 16.3 Å². The van der Waals surface area contributed by atoms with Gasteiger partial charge in [-0.05, 0) is 13.0 Å². The van der Waals surface area contributed by atoms with E-state index >= 15 is 0 Å². The molecule has 0 fully saturated rings. The van der Waals surface area contributed by atoms with Gasteiger partial charge < -0.3 is 4.74 Å². The smallest absolute Gasteiger partial charge is 0.124 e. The second-order valence-corrected chi connectivity index (χ2v) is 4.83. The highest BCUT2D eigenvalue weighted by molar-refractivity contribution is 7.09. The normalized spacial score (nSPS) is 12.3. The third kappa shape index (κ3) is 3.07. The Balaban J connectivity index is 2.21. The Morgan fingerprint density at radius 2 is 2.28 bits per heavy atom. The first-order chi connectivity index (χ1) is 8.85. The number of aromatic nitrogens is 1. The molecule has 0 aliphatic heterocycles. The number of hydrogen-bond acceptors (Lipinski definition) is 5. The number of nitrogens with two attached hydrogens (primary N) is 1. The summed E-state index contributed by atoms with van der Waals surface area (Å²) >= 11 is 1.63. The van der Waals surface area contributed by atoms with Gasteiger partial charge in [-0.2, -0.15) is 0 Å². The zero-order valence-electron chi connectivity index (χ0n) is 10.3. The zero-order chi connectivity index (χ0) is 12.8. The number of hydrazine groups is 1. The lowest BCUT2D eigenvalue weighted by Crippen LogP contribution is -2.29. The minimum atomic E-state index is 0.0354. The summed E-state index contributed by atoms with van der Waals surface area (Å²) in [7, 11) is 0. The van der Waals surface area contributed by atoms with E-state index in [2.05, 4.69) is 10.4 Å². The van der Waals surface area contributed by atoms with Crippen LogP contribution in [0.15, 0.2) is 36.0 Å². The molecule has 1 atom stereocenters. The zero-order valence-corrected chi connectivity index (χ0v) is 11.1. The topological polar surface area (TPSA) is 60.2 Å². The van der Waals surface area contributed by atoms with E-state index in [9.17, 15) is 0 Å². The number of benzene rings is 1. The molecule has 1 heterocycles. The van der Waals surface area contributed by atoms with Crippen LogP contribution in [-0.4, -0.2) is 11.6 Å². The maximum Gasteiger partial charge on any atom is 0.124 e. The lowest BCUT2D eigenvalue weighted by molar-refractivity contribution is 0.331. The molecule has 0 spiro atoms. The minimum Gasteiger partial charge on any atom is -0.494 e. The molecule has 0 amide bonds. The van der Waals surface area contributed by atoms with E-state index in [0.717, 1.165) is 17.7 Å². The van der Waals surface area contributed by atoms with E-state index in [1.807, 2.05) is 42.9 Å². The van der Waals surface area contributed by atoms with Crippen molar-refractivity contribution in [1.29, 1.82) is 0 Å². The number of nitrogens with one attached hydrogen (secondary N) is 1. The molecule has 0 aliphatic carbocycles. The fourth-order valence-electron chi connectivity index (χ4n) is 1.86. The van der Waals surface area contributed by atoms with Crippen LogP contribution < -0.4 is 16.0 Å². The highest BCUT2D eigenvalue weighted by atomic mass is 32.1. The molecule has 3 N–H and O–H groups in total. The van der Waals surface area contributed by atoms with Crippen LogP contribution in [0.1, 0.15) is 23.4 Å². The highest BCUT2D eigenvalue weighted by Gasteiger charge is 2.15. The van der Waals surface area contributed by atoms with Crippen molar-refractivity contribution < 1.29 is 4.74 Å². The summed E-state index contributed by atoms with van der Waals surface area (Å²) < 4.78 is 5.63. The number of rotatable bonds is 6. The van der Waals surface area contributed by atoms with Crippen LogP contribution in [0.2, 0.25) is 0 Å². The predicted molar refractivity (Wildman–Crippen MR) is 73.5 cm³/mol. The lowest BCUT2D eigenvalue weighted by atomic mass is 10.0. The monoisotopic (exact) mass is 263 g/mol. The van der Waals surface area contributed by atoms with Gasteiger partial charge in [0.05, 0.1) is 18.2 Å². The van der Waals surface area contributed by atoms with Gasteiger partial charge >= 0.3 is 0 Å². The maximum atomic E-state index is 5.67. The van der Waals surface area contributed by atoms with Crippen LogP contribution in [0.3, 0.4) is 0 Å². The van der Waals surface area contributed by atoms with Gasteiger partial charge in [-0.15, -0.1) is 11.3 Å². The predicted octanol–water partition coefficient (Wildman–Crippen LogP) is 2.29. The molecule has 0 radical (unpaired) electrons. The summed E-state index contributed by atoms with van der Waals surface area (Å²) in [5, 5.41) is 0. The van der Waals surface area contributed by atoms with Crippen molar-refractivity contribution in [3.8, 4) is 5.75 Å². The average molecular weight is 263 g/mol. The maximum absolute atomic E-state index is 5.67. The van der Waals surface area contributed by atoms with Crippen molar-refractivity contribution in [2.75, 3.05) is 6.61 Å². The lowest BCUT2D eigenvalue weighted by Gasteiger charge is -2.18. The summed E-state index contributed by atoms with van der Waals surface area (Å²) in [5.74, 6) is 6.55. The van der Waals surface area contributed by atoms with E-state index in [1.165, 1.54) is 4.88 Å². The van der Waals surface area contributed by atoms with Crippen molar-refractivity contribution in [3.63, 3.8) is 0 Å². The standard InChI is InChI=1S/C13H17N3OS/c1-2-17-13-6-4-3-5-11(13)12(16-14)7-10-8-15-9-18-10/h3-6,8-9,12,16H,2,7,14H2,1H3. The summed E-state index contributed by atoms with van der Waals surface area (Å²) in [5.41, 5.74) is 5.76. The fourth-order valence-corrected chi connectivity index (χ4v) is 2.50. The van der Waals surface area contributed by atoms with Crippen LogP contribution in [0, 0.1) is 0 Å². The Kier molecular flexibility index (Phi) is 4.69. The largest absolute Gasteiger partial charge is 0.494 e. The van der Waals surface area contributed by atoms with Crippen LogP contribution >= 0.6 is 11.3 Å². The van der Waals surface area contributed by atoms with Gasteiger partial charge in [-0.25, -0.2) is 0 Å². The molecule has 1 aromatic heterocycles. The number of nitrogens with zero attached hydrogens (tertiary/aromatic N) is 1. The van der Waals surface area contributed by atoms with Gasteiger partial charge in [0.1, 0.15) is 5.75 Å². The summed E-state index contributed by atoms with van der Waals surface area (Å²) in [6, 6.07) is 8.00. The van der Waals surface area contributed by atoms with Crippen molar-refractivity contribution in [2.24, 2.45) is 5.84 Å². The number of para-hydroxylation sites is 1. The fraction of sp³-hybridized carbons (Fsp3) is 0.308. The van der Waals surface area contributed by atoms with Crippen LogP contribution in [-0.2, 0) is 6.42 Å². The third-order valence-corrected chi connectivity index (χ3v) is 3.49. The third-order valence-electron chi connectivity index (χ3n) is 2.68. The molecule has 2 aromatic rings. The molecule has 5 heteroatoms. The molecular weight excluding hydrogens is 246 g/mol. The molecule has 0 bridgehead atoms. The number of thiazole rings is 1. The number of hydrogen-bond donors (Lipinski definition) is 2. The summed E-state index contributed by atoms with van der Waals surface area (Å²) in [4.78, 5) is 5.28. The molecule has 0 saturated carbocycles. The van der Waals surface area contributed by atoms with Crippen molar-refractivity contribution in [2.45, 2.75) is 19.4 Å². The molecule has 2 rings (SSSR count). The van der Waals surface area contributed by atoms with Gasteiger partial charge in [0.25, 0.3) is 0 Å². The van der Waals surface area contributed by atoms with E-state index in [1.54, 1.807) is 11.3 Å². The van der Waals surface area contributed by atoms with Gasteiger partial charge in [0, 0.05) is 23.1 Å². The van der Waals surface area contributed by atoms with Crippen LogP contribution in [0.25, 0.3) is 0 Å². The SMILES string of the molecule is CCOc1ccccc1C(Cc1cncs1)NN. The van der Waals surface area contributed by atoms with Crippen LogP contribution in [0.5, 0.6) is 5.75 Å². The first kappa shape index (κ1) is 13.0. The Labute approximate surface area is 111 Å².